The van der Waals surface area contributed by atoms with Crippen molar-refractivity contribution in [2.24, 2.45) is 11.7 Å². The van der Waals surface area contributed by atoms with Gasteiger partial charge in [0.25, 0.3) is 0 Å². The highest BCUT2D eigenvalue weighted by molar-refractivity contribution is 4.64. The Hall–Kier alpha value is -0.0400. The molecule has 2 N–H and O–H groups in total. The van der Waals surface area contributed by atoms with E-state index in [-0.39, 0.29) is 0 Å². The lowest BCUT2D eigenvalue weighted by Gasteiger charge is -2.13. The van der Waals surface area contributed by atoms with Gasteiger partial charge in [0.2, 0.25) is 0 Å². The van der Waals surface area contributed by atoms with Crippen molar-refractivity contribution in [2.45, 2.75) is 77.0 Å². The van der Waals surface area contributed by atoms with Gasteiger partial charge >= 0.3 is 0 Å². The van der Waals surface area contributed by atoms with Crippen molar-refractivity contribution in [1.29, 1.82) is 0 Å². The summed E-state index contributed by atoms with van der Waals surface area (Å²) in [5.74, 6) is 1.07. The lowest BCUT2D eigenvalue weighted by Crippen LogP contribution is -1.99. The van der Waals surface area contributed by atoms with Crippen LogP contribution in [0, 0.1) is 5.92 Å². The van der Waals surface area contributed by atoms with E-state index in [0.717, 1.165) is 12.5 Å². The molecule has 1 aliphatic rings. The maximum Gasteiger partial charge on any atom is -0.00773 e. The molecule has 1 heteroatoms. The first kappa shape index (κ1) is 13.0. The summed E-state index contributed by atoms with van der Waals surface area (Å²) in [5.41, 5.74) is 5.48. The molecule has 1 saturated carbocycles. The van der Waals surface area contributed by atoms with E-state index in [1.54, 1.807) is 0 Å². The molecule has 0 aromatic carbocycles. The van der Waals surface area contributed by atoms with Crippen LogP contribution < -0.4 is 5.73 Å². The summed E-state index contributed by atoms with van der Waals surface area (Å²) in [6, 6.07) is 0. The second-order valence-electron chi connectivity index (χ2n) is 5.20. The van der Waals surface area contributed by atoms with Gasteiger partial charge in [0, 0.05) is 0 Å². The van der Waals surface area contributed by atoms with Crippen LogP contribution in [0.25, 0.3) is 0 Å². The van der Waals surface area contributed by atoms with E-state index in [2.05, 4.69) is 0 Å². The smallest absolute Gasteiger partial charge is 0.00773 e. The van der Waals surface area contributed by atoms with E-state index in [1.165, 1.54) is 77.0 Å². The molecule has 1 rings (SSSR count). The summed E-state index contributed by atoms with van der Waals surface area (Å²) < 4.78 is 0. The Morgan fingerprint density at radius 2 is 1.33 bits per heavy atom. The topological polar surface area (TPSA) is 26.0 Å². The number of hydrogen-bond donors (Lipinski definition) is 1. The van der Waals surface area contributed by atoms with Crippen LogP contribution in [-0.2, 0) is 0 Å². The van der Waals surface area contributed by atoms with Gasteiger partial charge in [-0.1, -0.05) is 70.6 Å². The zero-order chi connectivity index (χ0) is 10.8. The van der Waals surface area contributed by atoms with Crippen LogP contribution in [0.4, 0.5) is 0 Å². The molecule has 1 aliphatic carbocycles. The fourth-order valence-corrected chi connectivity index (χ4v) is 2.76. The molecule has 0 atom stereocenters. The van der Waals surface area contributed by atoms with E-state index in [9.17, 15) is 0 Å². The van der Waals surface area contributed by atoms with E-state index in [1.807, 2.05) is 0 Å². The van der Waals surface area contributed by atoms with Crippen molar-refractivity contribution in [1.82, 2.24) is 0 Å². The highest BCUT2D eigenvalue weighted by Gasteiger charge is 2.11. The molecule has 0 aromatic heterocycles. The average molecular weight is 211 g/mol. The van der Waals surface area contributed by atoms with Gasteiger partial charge in [0.1, 0.15) is 0 Å². The van der Waals surface area contributed by atoms with E-state index in [4.69, 9.17) is 5.73 Å². The predicted octanol–water partition coefficient (Wildman–Crippen LogP) is 4.26. The minimum atomic E-state index is 0.878. The zero-order valence-electron chi connectivity index (χ0n) is 10.3. The van der Waals surface area contributed by atoms with Crippen molar-refractivity contribution in [3.05, 3.63) is 0 Å². The highest BCUT2D eigenvalue weighted by atomic mass is 14.5. The monoisotopic (exact) mass is 211 g/mol. The maximum atomic E-state index is 5.48. The van der Waals surface area contributed by atoms with Crippen LogP contribution in [0.3, 0.4) is 0 Å². The predicted molar refractivity (Wildman–Crippen MR) is 67.9 cm³/mol. The summed E-state index contributed by atoms with van der Waals surface area (Å²) in [6.45, 7) is 0.878. The molecule has 0 radical (unpaired) electrons. The van der Waals surface area contributed by atoms with Gasteiger partial charge < -0.3 is 5.73 Å². The first-order valence-electron chi connectivity index (χ1n) is 7.13. The number of hydrogen-bond acceptors (Lipinski definition) is 1. The molecule has 0 unspecified atom stereocenters. The number of rotatable bonds is 7. The fraction of sp³-hybridized carbons (Fsp3) is 1.00. The fourth-order valence-electron chi connectivity index (χ4n) is 2.76. The van der Waals surface area contributed by atoms with Crippen molar-refractivity contribution in [2.75, 3.05) is 6.54 Å². The average Bonchev–Trinajstić information content (AvgIpc) is 2.52. The van der Waals surface area contributed by atoms with E-state index in [0.29, 0.717) is 0 Å². The van der Waals surface area contributed by atoms with Crippen molar-refractivity contribution < 1.29 is 0 Å². The largest absolute Gasteiger partial charge is 0.330 e. The third-order valence-electron chi connectivity index (χ3n) is 3.79. The van der Waals surface area contributed by atoms with Crippen molar-refractivity contribution >= 4 is 0 Å². The molecule has 0 heterocycles. The van der Waals surface area contributed by atoms with Crippen LogP contribution in [0.15, 0.2) is 0 Å². The molecule has 0 amide bonds. The lowest BCUT2D eigenvalue weighted by molar-refractivity contribution is 0.405. The summed E-state index contributed by atoms with van der Waals surface area (Å²) in [4.78, 5) is 0. The molecule has 15 heavy (non-hydrogen) atoms. The minimum Gasteiger partial charge on any atom is -0.330 e. The second-order valence-corrected chi connectivity index (χ2v) is 5.20. The Morgan fingerprint density at radius 3 is 2.00 bits per heavy atom. The summed E-state index contributed by atoms with van der Waals surface area (Å²) in [7, 11) is 0. The molecule has 90 valence electrons. The summed E-state index contributed by atoms with van der Waals surface area (Å²) >= 11 is 0. The second kappa shape index (κ2) is 9.21. The molecule has 0 saturated heterocycles. The van der Waals surface area contributed by atoms with Crippen LogP contribution in [0.2, 0.25) is 0 Å². The van der Waals surface area contributed by atoms with Gasteiger partial charge in [-0.3, -0.25) is 0 Å². The zero-order valence-corrected chi connectivity index (χ0v) is 10.3. The number of unbranched alkanes of at least 4 members (excludes halogenated alkanes) is 4. The Labute approximate surface area is 95.8 Å². The first-order valence-corrected chi connectivity index (χ1v) is 7.13. The maximum absolute atomic E-state index is 5.48. The third-order valence-corrected chi connectivity index (χ3v) is 3.79. The normalized spacial score (nSPS) is 19.0. The van der Waals surface area contributed by atoms with Gasteiger partial charge in [-0.2, -0.15) is 0 Å². The summed E-state index contributed by atoms with van der Waals surface area (Å²) in [6.07, 6.45) is 17.4. The Balaban J connectivity index is 1.89. The van der Waals surface area contributed by atoms with Gasteiger partial charge in [-0.15, -0.1) is 0 Å². The quantitative estimate of drug-likeness (QED) is 0.494. The number of nitrogens with two attached hydrogens (primary N) is 1. The standard InChI is InChI=1S/C14H29N/c15-13-9-5-1-2-6-10-14-11-7-3-4-8-12-14/h14H,1-13,15H2. The van der Waals surface area contributed by atoms with Gasteiger partial charge in [0.05, 0.1) is 0 Å². The minimum absolute atomic E-state index is 0.878. The molecular formula is C14H29N. The van der Waals surface area contributed by atoms with Crippen LogP contribution in [-0.4, -0.2) is 6.54 Å². The lowest BCUT2D eigenvalue weighted by atomic mass is 9.93. The molecule has 0 aliphatic heterocycles. The van der Waals surface area contributed by atoms with Gasteiger partial charge in [-0.05, 0) is 18.9 Å². The van der Waals surface area contributed by atoms with E-state index >= 15 is 0 Å². The SMILES string of the molecule is NCCCCCCCC1CCCCCC1. The highest BCUT2D eigenvalue weighted by Crippen LogP contribution is 2.27. The third kappa shape index (κ3) is 6.94. The molecular weight excluding hydrogens is 182 g/mol. The molecule has 0 bridgehead atoms. The van der Waals surface area contributed by atoms with E-state index < -0.39 is 0 Å². The van der Waals surface area contributed by atoms with Gasteiger partial charge in [0.15, 0.2) is 0 Å². The Morgan fingerprint density at radius 1 is 0.733 bits per heavy atom. The molecule has 0 aromatic rings. The van der Waals surface area contributed by atoms with Gasteiger partial charge in [-0.25, -0.2) is 0 Å². The Kier molecular flexibility index (Phi) is 7.99. The Bertz CT molecular complexity index is 125. The van der Waals surface area contributed by atoms with Crippen LogP contribution in [0.1, 0.15) is 77.0 Å². The summed E-state index contributed by atoms with van der Waals surface area (Å²) in [5, 5.41) is 0. The van der Waals surface area contributed by atoms with Crippen LogP contribution >= 0.6 is 0 Å². The molecule has 1 fully saturated rings. The van der Waals surface area contributed by atoms with Crippen LogP contribution in [0.5, 0.6) is 0 Å². The first-order chi connectivity index (χ1) is 7.43. The molecule has 1 nitrogen and oxygen atoms in total. The van der Waals surface area contributed by atoms with Crippen molar-refractivity contribution in [3.63, 3.8) is 0 Å². The van der Waals surface area contributed by atoms with Crippen molar-refractivity contribution in [3.8, 4) is 0 Å². The molecule has 0 spiro atoms.